The average Bonchev–Trinajstić information content (AvgIpc) is 2.38. The Morgan fingerprint density at radius 2 is 0.768 bits per heavy atom. The topological polar surface area (TPSA) is 180 Å². The summed E-state index contributed by atoms with van der Waals surface area (Å²) in [4.78, 5) is 13.2. The molecular formula is C67H44BF4N3O7. The molecule has 0 amide bonds. The molecule has 0 aliphatic heterocycles. The smallest absolute Gasteiger partial charge is 0.252 e. The van der Waals surface area contributed by atoms with Crippen molar-refractivity contribution in [3.63, 3.8) is 0 Å². The van der Waals surface area contributed by atoms with E-state index in [4.69, 9.17) is 12.8 Å². The summed E-state index contributed by atoms with van der Waals surface area (Å²) >= 11 is 0. The van der Waals surface area contributed by atoms with Crippen LogP contribution in [0, 0.1) is 23.3 Å². The number of aliphatic hydroxyl groups is 7. The first kappa shape index (κ1) is 53.4. The highest BCUT2D eigenvalue weighted by atomic mass is 19.1. The fourth-order valence-corrected chi connectivity index (χ4v) is 10.7. The van der Waals surface area contributed by atoms with Gasteiger partial charge in [-0.05, 0) is 138 Å². The Kier molecular flexibility index (Phi) is 13.2. The molecule has 10 nitrogen and oxygen atoms in total. The lowest BCUT2D eigenvalue weighted by atomic mass is 9.67. The van der Waals surface area contributed by atoms with Crippen molar-refractivity contribution in [1.29, 1.82) is 0 Å². The zero-order chi connectivity index (χ0) is 57.3. The average molecular weight is 1090 g/mol. The summed E-state index contributed by atoms with van der Waals surface area (Å²) in [5.74, 6) is -14.7. The van der Waals surface area contributed by atoms with Crippen LogP contribution in [0.25, 0.3) is 99.5 Å². The standard InChI is InChI=1S/C67H44BF4N3O7/c68-64(76,41-19-26-61(73-35-41)54-24-21-45(69)32-59(54)71)65(77,78)43-28-40(29-44(31-43)67(81,82)66(79,80)42-20-27-62(74-36-42)55-25-22-46(70)33-60(55)72)47-12-4-5-13-48(47)58-37-75-63(38-10-2-1-3-11-38)34-56(58)39-18-23-53-51-16-7-6-14-49(51)50-15-8-9-17-52(50)57(53)30-39/h1-37,76-82H. The monoisotopic (exact) mass is 1090 g/mol. The van der Waals surface area contributed by atoms with E-state index in [0.29, 0.717) is 40.1 Å². The van der Waals surface area contributed by atoms with Crippen LogP contribution in [0.4, 0.5) is 17.6 Å². The van der Waals surface area contributed by atoms with Crippen LogP contribution in [-0.2, 0) is 22.9 Å². The molecule has 0 spiro atoms. The highest BCUT2D eigenvalue weighted by Crippen LogP contribution is 2.47. The molecule has 9 aromatic carbocycles. The molecule has 0 bridgehead atoms. The normalized spacial score (nSPS) is 13.0. The van der Waals surface area contributed by atoms with Crippen molar-refractivity contribution in [2.75, 3.05) is 0 Å². The number of aromatic nitrogens is 3. The lowest BCUT2D eigenvalue weighted by molar-refractivity contribution is -0.375. The minimum Gasteiger partial charge on any atom is -0.389 e. The van der Waals surface area contributed by atoms with Crippen molar-refractivity contribution >= 4 is 40.2 Å². The highest BCUT2D eigenvalue weighted by Gasteiger charge is 2.53. The van der Waals surface area contributed by atoms with Gasteiger partial charge < -0.3 is 35.7 Å². The molecule has 3 heterocycles. The van der Waals surface area contributed by atoms with Crippen LogP contribution in [0.15, 0.2) is 225 Å². The van der Waals surface area contributed by atoms with Gasteiger partial charge in [0.25, 0.3) is 11.6 Å². The first-order valence-electron chi connectivity index (χ1n) is 25.7. The molecule has 12 aromatic rings. The third-order valence-corrected chi connectivity index (χ3v) is 15.1. The van der Waals surface area contributed by atoms with E-state index in [1.165, 1.54) is 12.1 Å². The van der Waals surface area contributed by atoms with Gasteiger partial charge in [0.05, 0.1) is 17.1 Å². The second-order valence-corrected chi connectivity index (χ2v) is 20.1. The Labute approximate surface area is 466 Å². The zero-order valence-corrected chi connectivity index (χ0v) is 42.9. The summed E-state index contributed by atoms with van der Waals surface area (Å²) in [6.45, 7) is 0. The second kappa shape index (κ2) is 20.4. The van der Waals surface area contributed by atoms with Gasteiger partial charge in [-0.25, -0.2) is 17.6 Å². The third kappa shape index (κ3) is 9.16. The van der Waals surface area contributed by atoms with Crippen LogP contribution >= 0.6 is 0 Å². The summed E-state index contributed by atoms with van der Waals surface area (Å²) in [7, 11) is 6.47. The largest absolute Gasteiger partial charge is 0.389 e. The fraction of sp³-hybridized carbons (Fsp3) is 0.0597. The van der Waals surface area contributed by atoms with Gasteiger partial charge in [0, 0.05) is 69.7 Å². The number of rotatable bonds is 12. The van der Waals surface area contributed by atoms with Crippen molar-refractivity contribution in [2.24, 2.45) is 0 Å². The molecule has 12 rings (SSSR count). The predicted octanol–water partition coefficient (Wildman–Crippen LogP) is 12.0. The molecule has 0 saturated carbocycles. The number of halogens is 4. The summed E-state index contributed by atoms with van der Waals surface area (Å²) in [5, 5.41) is 91.3. The molecule has 2 radical (unpaired) electrons. The molecule has 400 valence electrons. The lowest BCUT2D eigenvalue weighted by Gasteiger charge is -2.40. The van der Waals surface area contributed by atoms with E-state index in [1.54, 1.807) is 30.5 Å². The van der Waals surface area contributed by atoms with Gasteiger partial charge in [0.1, 0.15) is 36.6 Å². The summed E-state index contributed by atoms with van der Waals surface area (Å²) in [6.07, 6.45) is 3.47. The third-order valence-electron chi connectivity index (χ3n) is 15.1. The lowest BCUT2D eigenvalue weighted by Crippen LogP contribution is -2.51. The van der Waals surface area contributed by atoms with E-state index in [2.05, 4.69) is 46.4 Å². The molecule has 1 unspecified atom stereocenters. The highest BCUT2D eigenvalue weighted by molar-refractivity contribution is 6.26. The van der Waals surface area contributed by atoms with Crippen molar-refractivity contribution < 1.29 is 53.3 Å². The number of fused-ring (bicyclic) bond motifs is 6. The SMILES string of the molecule is [B]C(O)(c1ccc(-c2ccc(F)cc2F)nc1)C(O)(O)c1cc(-c2ccccc2-c2cnc(-c3ccccc3)cc2-c2ccc3c4ccccc4c4ccccc4c3c2)cc(C(O)(O)C(O)(O)c2ccc(-c3ccc(F)cc3F)nc2)c1. The molecular weight excluding hydrogens is 1050 g/mol. The van der Waals surface area contributed by atoms with Crippen LogP contribution < -0.4 is 0 Å². The van der Waals surface area contributed by atoms with Gasteiger partial charge in [-0.1, -0.05) is 121 Å². The Morgan fingerprint density at radius 3 is 1.32 bits per heavy atom. The van der Waals surface area contributed by atoms with Crippen molar-refractivity contribution in [2.45, 2.75) is 22.9 Å². The zero-order valence-electron chi connectivity index (χ0n) is 42.9. The van der Waals surface area contributed by atoms with Crippen molar-refractivity contribution in [1.82, 2.24) is 15.0 Å². The quantitative estimate of drug-likeness (QED) is 0.0269. The molecule has 82 heavy (non-hydrogen) atoms. The van der Waals surface area contributed by atoms with Crippen molar-refractivity contribution in [3.05, 3.63) is 270 Å². The summed E-state index contributed by atoms with van der Waals surface area (Å²) in [5.41, 5.74) is -1.90. The molecule has 3 aromatic heterocycles. The number of benzene rings is 9. The van der Waals surface area contributed by atoms with Crippen molar-refractivity contribution in [3.8, 4) is 67.2 Å². The minimum absolute atomic E-state index is 0.00997. The van der Waals surface area contributed by atoms with E-state index in [9.17, 15) is 53.3 Å². The van der Waals surface area contributed by atoms with Crippen LogP contribution in [0.3, 0.4) is 0 Å². The Morgan fingerprint density at radius 1 is 0.293 bits per heavy atom. The first-order valence-corrected chi connectivity index (χ1v) is 25.7. The summed E-state index contributed by atoms with van der Waals surface area (Å²) < 4.78 is 57.3. The maximum Gasteiger partial charge on any atom is 0.252 e. The van der Waals surface area contributed by atoms with E-state index < -0.39 is 68.4 Å². The predicted molar refractivity (Wildman–Crippen MR) is 306 cm³/mol. The molecule has 0 saturated heterocycles. The number of hydrogen-bond acceptors (Lipinski definition) is 10. The van der Waals surface area contributed by atoms with E-state index >= 15 is 0 Å². The van der Waals surface area contributed by atoms with E-state index in [1.807, 2.05) is 66.7 Å². The number of pyridine rings is 3. The molecule has 0 fully saturated rings. The maximum absolute atomic E-state index is 14.8. The van der Waals surface area contributed by atoms with Gasteiger partial charge in [-0.3, -0.25) is 15.0 Å². The van der Waals surface area contributed by atoms with Gasteiger partial charge in [-0.2, -0.15) is 0 Å². The second-order valence-electron chi connectivity index (χ2n) is 20.1. The van der Waals surface area contributed by atoms with Crippen LogP contribution in [0.2, 0.25) is 0 Å². The summed E-state index contributed by atoms with van der Waals surface area (Å²) in [6, 6.07) is 54.2. The molecule has 0 aliphatic carbocycles. The van der Waals surface area contributed by atoms with E-state index in [-0.39, 0.29) is 28.1 Å². The Bertz CT molecular complexity index is 4300. The molecule has 1 atom stereocenters. The minimum atomic E-state index is -3.80. The van der Waals surface area contributed by atoms with Gasteiger partial charge in [0.15, 0.2) is 0 Å². The first-order chi connectivity index (χ1) is 39.3. The van der Waals surface area contributed by atoms with E-state index in [0.717, 1.165) is 110 Å². The van der Waals surface area contributed by atoms with Gasteiger partial charge >= 0.3 is 0 Å². The molecule has 7 N–H and O–H groups in total. The van der Waals surface area contributed by atoms with Crippen LogP contribution in [0.5, 0.6) is 0 Å². The Balaban J connectivity index is 1.04. The number of nitrogens with zero attached hydrogens (tertiary/aromatic N) is 3. The van der Waals surface area contributed by atoms with Gasteiger partial charge in [-0.15, -0.1) is 0 Å². The molecule has 15 heteroatoms. The van der Waals surface area contributed by atoms with Crippen LogP contribution in [-0.4, -0.2) is 58.5 Å². The Hall–Kier alpha value is -9.29. The maximum atomic E-state index is 14.8. The number of hydrogen-bond donors (Lipinski definition) is 7. The molecule has 0 aliphatic rings. The van der Waals surface area contributed by atoms with Crippen LogP contribution in [0.1, 0.15) is 22.3 Å². The fourth-order valence-electron chi connectivity index (χ4n) is 10.7. The van der Waals surface area contributed by atoms with Gasteiger partial charge in [0.2, 0.25) is 5.79 Å².